The zero-order valence-electron chi connectivity index (χ0n) is 23.5. The summed E-state index contributed by atoms with van der Waals surface area (Å²) in [6.45, 7) is 0.323. The van der Waals surface area contributed by atoms with Gasteiger partial charge in [0.2, 0.25) is 0 Å². The van der Waals surface area contributed by atoms with Gasteiger partial charge in [0.15, 0.2) is 24.8 Å². The Balaban J connectivity index is 1.56. The highest BCUT2D eigenvalue weighted by Crippen LogP contribution is 2.28. The Morgan fingerprint density at radius 2 is 0.952 bits per heavy atom. The molecule has 234 valence electrons. The molecule has 1 aromatic carbocycles. The molecule has 6 bridgehead atoms. The maximum Gasteiger partial charge on any atom is 0.258 e. The summed E-state index contributed by atoms with van der Waals surface area (Å²) >= 11 is 0. The fourth-order valence-electron chi connectivity index (χ4n) is 4.95. The molecule has 14 nitrogen and oxygen atoms in total. The van der Waals surface area contributed by atoms with Crippen LogP contribution in [0.25, 0.3) is 0 Å². The van der Waals surface area contributed by atoms with Crippen molar-refractivity contribution < 1.29 is 59.2 Å². The number of carbonyl (C=O) groups excluding carboxylic acids is 2. The normalized spacial score (nSPS) is 38.7. The van der Waals surface area contributed by atoms with Gasteiger partial charge in [0, 0.05) is 25.5 Å². The van der Waals surface area contributed by atoms with Gasteiger partial charge in [-0.3, -0.25) is 9.59 Å². The monoisotopic (exact) mass is 596 g/mol. The maximum atomic E-state index is 13.3. The predicted octanol–water partition coefficient (Wildman–Crippen LogP) is -1.61. The molecular weight excluding hydrogens is 556 g/mol. The summed E-state index contributed by atoms with van der Waals surface area (Å²) in [6.07, 6.45) is -9.38. The summed E-state index contributed by atoms with van der Waals surface area (Å²) in [5.41, 5.74) is 0.723. The minimum Gasteiger partial charge on any atom is -0.387 e. The second kappa shape index (κ2) is 14.3. The molecule has 1 aromatic rings. The number of anilines is 2. The topological polar surface area (TPSA) is 199 Å². The van der Waals surface area contributed by atoms with Crippen LogP contribution in [0, 0.1) is 0 Å². The van der Waals surface area contributed by atoms with Crippen molar-refractivity contribution in [3.05, 3.63) is 36.4 Å². The van der Waals surface area contributed by atoms with Crippen molar-refractivity contribution in [3.63, 3.8) is 0 Å². The van der Waals surface area contributed by atoms with Crippen molar-refractivity contribution in [2.45, 2.75) is 87.1 Å². The highest BCUT2D eigenvalue weighted by Gasteiger charge is 2.49. The fraction of sp³-hybridized carbons (Fsp3) is 0.643. The quantitative estimate of drug-likeness (QED) is 0.188. The first-order valence-electron chi connectivity index (χ1n) is 14.0. The molecule has 0 radical (unpaired) electrons. The molecule has 2 fully saturated rings. The molecule has 4 heterocycles. The molecular formula is C28H40N2O12. The van der Waals surface area contributed by atoms with Crippen LogP contribution in [0.5, 0.6) is 0 Å². The lowest BCUT2D eigenvalue weighted by Gasteiger charge is -2.40. The number of aliphatic hydroxyl groups is 6. The number of carbonyl (C=O) groups is 2. The van der Waals surface area contributed by atoms with E-state index in [9.17, 15) is 40.2 Å². The molecule has 2 saturated heterocycles. The molecule has 0 aromatic heterocycles. The van der Waals surface area contributed by atoms with E-state index in [2.05, 4.69) is 0 Å². The zero-order valence-corrected chi connectivity index (χ0v) is 23.5. The Kier molecular flexibility index (Phi) is 11.0. The van der Waals surface area contributed by atoms with Crippen molar-refractivity contribution in [2.24, 2.45) is 0 Å². The lowest BCUT2D eigenvalue weighted by atomic mass is 9.97. The maximum absolute atomic E-state index is 13.3. The van der Waals surface area contributed by atoms with Gasteiger partial charge in [-0.2, -0.15) is 0 Å². The van der Waals surface area contributed by atoms with Crippen molar-refractivity contribution in [1.82, 2.24) is 0 Å². The van der Waals surface area contributed by atoms with Crippen LogP contribution in [-0.2, 0) is 28.5 Å². The summed E-state index contributed by atoms with van der Waals surface area (Å²) in [5, 5.41) is 62.4. The molecule has 6 N–H and O–H groups in total. The third kappa shape index (κ3) is 7.00. The molecule has 0 unspecified atom stereocenters. The fourth-order valence-corrected chi connectivity index (χ4v) is 4.95. The van der Waals surface area contributed by atoms with E-state index in [0.717, 1.165) is 0 Å². The third-order valence-corrected chi connectivity index (χ3v) is 7.67. The number of hydrogen-bond acceptors (Lipinski definition) is 12. The van der Waals surface area contributed by atoms with Gasteiger partial charge in [0.25, 0.3) is 11.8 Å². The second-order valence-electron chi connectivity index (χ2n) is 10.6. The molecule has 0 saturated carbocycles. The Hall–Kier alpha value is -2.50. The number of nitrogens with zero attached hydrogens (tertiary/aromatic N) is 2. The molecule has 4 aliphatic heterocycles. The smallest absolute Gasteiger partial charge is 0.258 e. The van der Waals surface area contributed by atoms with Crippen LogP contribution in [0.15, 0.2) is 36.4 Å². The van der Waals surface area contributed by atoms with Gasteiger partial charge >= 0.3 is 0 Å². The van der Waals surface area contributed by atoms with E-state index >= 15 is 0 Å². The van der Waals surface area contributed by atoms with E-state index in [4.69, 9.17) is 18.9 Å². The molecule has 42 heavy (non-hydrogen) atoms. The summed E-state index contributed by atoms with van der Waals surface area (Å²) in [7, 11) is 2.87. The first-order chi connectivity index (χ1) is 20.0. The Morgan fingerprint density at radius 1 is 0.595 bits per heavy atom. The molecule has 5 rings (SSSR count). The van der Waals surface area contributed by atoms with Gasteiger partial charge in [-0.15, -0.1) is 0 Å². The molecule has 14 heteroatoms. The highest BCUT2D eigenvalue weighted by molar-refractivity contribution is 5.98. The minimum absolute atomic E-state index is 0.161. The molecule has 0 spiro atoms. The van der Waals surface area contributed by atoms with E-state index in [1.165, 1.54) is 48.2 Å². The summed E-state index contributed by atoms with van der Waals surface area (Å²) in [4.78, 5) is 28.9. The van der Waals surface area contributed by atoms with Crippen LogP contribution in [0.2, 0.25) is 0 Å². The van der Waals surface area contributed by atoms with Crippen LogP contribution in [0.3, 0.4) is 0 Å². The van der Waals surface area contributed by atoms with E-state index in [1.807, 2.05) is 12.2 Å². The lowest BCUT2D eigenvalue weighted by molar-refractivity contribution is -0.290. The average molecular weight is 597 g/mol. The van der Waals surface area contributed by atoms with Gasteiger partial charge in [-0.1, -0.05) is 12.2 Å². The zero-order chi connectivity index (χ0) is 30.6. The van der Waals surface area contributed by atoms with Gasteiger partial charge in [-0.25, -0.2) is 0 Å². The minimum atomic E-state index is -1.71. The predicted molar refractivity (Wildman–Crippen MR) is 146 cm³/mol. The number of hydrogen-bond donors (Lipinski definition) is 6. The van der Waals surface area contributed by atoms with E-state index < -0.39 is 73.2 Å². The summed E-state index contributed by atoms with van der Waals surface area (Å²) in [5.74, 6) is -1.40. The number of benzene rings is 1. The number of amides is 2. The first-order valence-corrected chi connectivity index (χ1v) is 14.0. The summed E-state index contributed by atoms with van der Waals surface area (Å²) < 4.78 is 22.4. The van der Waals surface area contributed by atoms with Gasteiger partial charge < -0.3 is 59.4 Å². The molecule has 10 atom stereocenters. The molecule has 0 aliphatic carbocycles. The second-order valence-corrected chi connectivity index (χ2v) is 10.6. The molecule has 2 amide bonds. The third-order valence-electron chi connectivity index (χ3n) is 7.67. The number of aliphatic hydroxyl groups excluding tert-OH is 6. The van der Waals surface area contributed by atoms with Crippen LogP contribution in [0.4, 0.5) is 11.4 Å². The summed E-state index contributed by atoms with van der Waals surface area (Å²) in [6, 6.07) is 6.11. The van der Waals surface area contributed by atoms with Crippen molar-refractivity contribution >= 4 is 23.2 Å². The largest absolute Gasteiger partial charge is 0.387 e. The van der Waals surface area contributed by atoms with Crippen LogP contribution in [0.1, 0.15) is 25.7 Å². The number of fused-ring (bicyclic) bond motifs is 12. The van der Waals surface area contributed by atoms with E-state index in [0.29, 0.717) is 37.1 Å². The molecule has 4 aliphatic rings. The van der Waals surface area contributed by atoms with Gasteiger partial charge in [0.05, 0.1) is 13.2 Å². The number of ether oxygens (including phenoxy) is 4. The van der Waals surface area contributed by atoms with Crippen LogP contribution >= 0.6 is 0 Å². The van der Waals surface area contributed by atoms with E-state index in [-0.39, 0.29) is 13.2 Å². The SMILES string of the molecule is CN1C(=O)[C@H]2O[C@H](OCCC/C=C\CCCO[C@H]3O[C@H](C(=O)N(C)c4ccc1cc4)[C@@H](O)[C@H](O)[C@H]3O)[C@H](O)[C@@H](O)[C@@H]2O. The van der Waals surface area contributed by atoms with Crippen molar-refractivity contribution in [2.75, 3.05) is 37.1 Å². The number of likely N-dealkylation sites (N-methyl/N-ethyl adjacent to an activating group) is 2. The Labute approximate surface area is 243 Å². The van der Waals surface area contributed by atoms with Crippen molar-refractivity contribution in [1.29, 1.82) is 0 Å². The number of rotatable bonds is 0. The van der Waals surface area contributed by atoms with E-state index in [1.54, 1.807) is 0 Å². The lowest BCUT2D eigenvalue weighted by Crippen LogP contribution is -2.62. The number of allylic oxidation sites excluding steroid dienone is 2. The average Bonchev–Trinajstić information content (AvgIpc) is 2.99. The highest BCUT2D eigenvalue weighted by atomic mass is 16.7. The van der Waals surface area contributed by atoms with Crippen molar-refractivity contribution in [3.8, 4) is 0 Å². The Morgan fingerprint density at radius 3 is 1.31 bits per heavy atom. The standard InChI is InChI=1S/C28H40N2O12/c1-29-15-9-11-16(12-10-15)30(2)26(38)24-20(34)18(32)22(36)28(42-24)40-14-8-6-4-3-5-7-13-39-27-21(35)17(31)19(33)23(41-27)25(29)37/h3-4,9-12,17-24,27-28,31-36H,5-8,13-14H2,1-2H3/b4-3-/t17-,18-,19-,20-,21+,22+,23-,24-,27-,28-/m0/s1. The van der Waals surface area contributed by atoms with Gasteiger partial charge in [-0.05, 0) is 49.9 Å². The van der Waals surface area contributed by atoms with Crippen LogP contribution in [-0.4, -0.2) is 131 Å². The van der Waals surface area contributed by atoms with Crippen LogP contribution < -0.4 is 9.80 Å². The van der Waals surface area contributed by atoms with Gasteiger partial charge in [0.1, 0.15) is 36.6 Å². The Bertz CT molecular complexity index is 1000. The first kappa shape index (κ1) is 32.4.